The van der Waals surface area contributed by atoms with Crippen LogP contribution >= 0.6 is 23.8 Å². The number of hydrogen-bond donors (Lipinski definition) is 5. The highest BCUT2D eigenvalue weighted by atomic mass is 79.9. The van der Waals surface area contributed by atoms with Crippen molar-refractivity contribution in [1.82, 2.24) is 5.32 Å². The number of ether oxygens (including phenoxy) is 1. The van der Waals surface area contributed by atoms with Gasteiger partial charge in [-0.05, 0) is 0 Å². The van der Waals surface area contributed by atoms with Gasteiger partial charge in [0.1, 0.15) is 12.2 Å². The number of aliphatic hydroxyl groups is 4. The molecule has 120 valence electrons. The second kappa shape index (κ2) is 4.45. The van der Waals surface area contributed by atoms with E-state index in [1.54, 1.807) is 0 Å². The molecule has 3 fully saturated rings. The standard InChI is InChI=1S/C8H11BrNO10P/c9-1-4(12)10-7-6(14)5(13)3(2-11)17-8(7,15)20-21(16,18-6)19-7/h3,5,11,13-15H,1-2H2,(H,10,12)/t3-,5-,6-,7+,8-,21?/m1/s1. The number of carbonyl (C=O) groups excluding carboxylic acids is 1. The van der Waals surface area contributed by atoms with Gasteiger partial charge in [0.25, 0.3) is 11.5 Å². The van der Waals surface area contributed by atoms with Crippen molar-refractivity contribution in [3.05, 3.63) is 0 Å². The molecule has 0 aliphatic carbocycles. The lowest BCUT2D eigenvalue weighted by atomic mass is 9.87. The van der Waals surface area contributed by atoms with Crippen LogP contribution in [0, 0.1) is 0 Å². The molecule has 3 rings (SSSR count). The summed E-state index contributed by atoms with van der Waals surface area (Å²) in [4.78, 5) is 11.6. The highest BCUT2D eigenvalue weighted by Crippen LogP contribution is 2.76. The van der Waals surface area contributed by atoms with Crippen LogP contribution in [-0.2, 0) is 27.7 Å². The zero-order valence-electron chi connectivity index (χ0n) is 10.1. The van der Waals surface area contributed by atoms with E-state index >= 15 is 0 Å². The van der Waals surface area contributed by atoms with Gasteiger partial charge in [0.05, 0.1) is 11.9 Å². The van der Waals surface area contributed by atoms with Gasteiger partial charge in [0, 0.05) is 0 Å². The number of nitrogens with one attached hydrogen (secondary N) is 1. The lowest BCUT2D eigenvalue weighted by Gasteiger charge is -2.53. The second-order valence-corrected chi connectivity index (χ2v) is 6.65. The molecule has 0 aromatic rings. The SMILES string of the molecule is O=C(CBr)N[C@@]12OP3(=O)O[C@]1(O)O[C@H](CO)[C@@H](O)[C@@]2(O)O3. The van der Waals surface area contributed by atoms with Gasteiger partial charge >= 0.3 is 13.8 Å². The lowest BCUT2D eigenvalue weighted by Crippen LogP contribution is -2.83. The van der Waals surface area contributed by atoms with Gasteiger partial charge in [0.2, 0.25) is 5.91 Å². The molecule has 0 aromatic heterocycles. The van der Waals surface area contributed by atoms with Gasteiger partial charge in [-0.2, -0.15) is 0 Å². The molecule has 13 heteroatoms. The van der Waals surface area contributed by atoms with Crippen molar-refractivity contribution >= 4 is 29.7 Å². The Morgan fingerprint density at radius 1 is 1.33 bits per heavy atom. The average molecular weight is 392 g/mol. The number of carbonyl (C=O) groups is 1. The van der Waals surface area contributed by atoms with Gasteiger partial charge in [-0.1, -0.05) is 15.9 Å². The number of hydrogen-bond acceptors (Lipinski definition) is 10. The van der Waals surface area contributed by atoms with Crippen molar-refractivity contribution in [3.8, 4) is 0 Å². The molecule has 5 N–H and O–H groups in total. The summed E-state index contributed by atoms with van der Waals surface area (Å²) in [7, 11) is -4.49. The summed E-state index contributed by atoms with van der Waals surface area (Å²) < 4.78 is 31.1. The highest BCUT2D eigenvalue weighted by Gasteiger charge is 2.90. The quantitative estimate of drug-likeness (QED) is 0.256. The molecule has 3 heterocycles. The maximum atomic E-state index is 12.1. The van der Waals surface area contributed by atoms with Crippen molar-refractivity contribution in [2.24, 2.45) is 0 Å². The summed E-state index contributed by atoms with van der Waals surface area (Å²) in [5.41, 5.74) is -2.68. The molecule has 0 saturated carbocycles. The molecular weight excluding hydrogens is 381 g/mol. The van der Waals surface area contributed by atoms with Crippen molar-refractivity contribution in [2.45, 2.75) is 29.7 Å². The van der Waals surface area contributed by atoms with E-state index in [0.717, 1.165) is 0 Å². The largest absolute Gasteiger partial charge is 0.484 e. The first-order valence-electron chi connectivity index (χ1n) is 5.66. The van der Waals surface area contributed by atoms with Crippen LogP contribution in [0.25, 0.3) is 0 Å². The highest BCUT2D eigenvalue weighted by molar-refractivity contribution is 9.09. The molecule has 2 bridgehead atoms. The summed E-state index contributed by atoms with van der Waals surface area (Å²) in [5, 5.41) is 41.7. The monoisotopic (exact) mass is 391 g/mol. The fourth-order valence-electron chi connectivity index (χ4n) is 2.47. The predicted octanol–water partition coefficient (Wildman–Crippen LogP) is -2.53. The molecule has 3 aliphatic heterocycles. The predicted molar refractivity (Wildman–Crippen MR) is 63.4 cm³/mol. The second-order valence-electron chi connectivity index (χ2n) is 4.65. The fourth-order valence-corrected chi connectivity index (χ4v) is 4.40. The normalized spacial score (nSPS) is 54.7. The maximum Gasteiger partial charge on any atom is 0.484 e. The van der Waals surface area contributed by atoms with Crippen molar-refractivity contribution in [1.29, 1.82) is 0 Å². The molecule has 3 saturated heterocycles. The van der Waals surface area contributed by atoms with Gasteiger partial charge in [-0.3, -0.25) is 4.79 Å². The Morgan fingerprint density at radius 2 is 2.00 bits per heavy atom. The molecule has 3 aliphatic rings. The summed E-state index contributed by atoms with van der Waals surface area (Å²) in [6.07, 6.45) is -3.53. The van der Waals surface area contributed by atoms with Gasteiger partial charge in [-0.15, -0.1) is 0 Å². The molecule has 1 unspecified atom stereocenters. The number of phosphoric acid groups is 1. The Hall–Kier alpha value is -0.140. The fraction of sp³-hybridized carbons (Fsp3) is 0.875. The minimum Gasteiger partial charge on any atom is -0.394 e. The molecule has 0 aromatic carbocycles. The number of fused-ring (bicyclic) bond motifs is 1. The molecular formula is C8H11BrNO10P. The number of halogens is 1. The first kappa shape index (κ1) is 15.7. The zero-order chi connectivity index (χ0) is 15.7. The van der Waals surface area contributed by atoms with Crippen molar-refractivity contribution < 1.29 is 48.1 Å². The first-order valence-corrected chi connectivity index (χ1v) is 8.24. The van der Waals surface area contributed by atoms with Crippen LogP contribution in [0.15, 0.2) is 0 Å². The van der Waals surface area contributed by atoms with Crippen LogP contribution in [0.5, 0.6) is 0 Å². The average Bonchev–Trinajstić information content (AvgIpc) is 2.76. The van der Waals surface area contributed by atoms with Gasteiger partial charge in [-0.25, -0.2) is 18.1 Å². The summed E-state index contributed by atoms with van der Waals surface area (Å²) in [5.74, 6) is -6.58. The topological polar surface area (TPSA) is 164 Å². The number of aliphatic hydroxyl groups excluding tert-OH is 2. The van der Waals surface area contributed by atoms with Crippen LogP contribution in [0.3, 0.4) is 0 Å². The molecule has 1 amide bonds. The van der Waals surface area contributed by atoms with E-state index < -0.39 is 50.0 Å². The number of rotatable bonds is 3. The van der Waals surface area contributed by atoms with Crippen LogP contribution in [-0.4, -0.2) is 68.0 Å². The molecule has 6 atom stereocenters. The van der Waals surface area contributed by atoms with Crippen LogP contribution in [0.2, 0.25) is 0 Å². The Kier molecular flexibility index (Phi) is 3.33. The summed E-state index contributed by atoms with van der Waals surface area (Å²) in [6, 6.07) is 0. The maximum absolute atomic E-state index is 12.1. The first-order chi connectivity index (χ1) is 9.65. The Balaban J connectivity index is 2.12. The van der Waals surface area contributed by atoms with Crippen LogP contribution < -0.4 is 5.32 Å². The number of phosphoric ester groups is 1. The minimum atomic E-state index is -4.49. The van der Waals surface area contributed by atoms with Gasteiger partial charge < -0.3 is 30.5 Å². The third kappa shape index (κ3) is 1.77. The molecule has 21 heavy (non-hydrogen) atoms. The number of alkyl halides is 1. The van der Waals surface area contributed by atoms with E-state index in [-0.39, 0.29) is 5.33 Å². The van der Waals surface area contributed by atoms with E-state index in [2.05, 4.69) is 20.5 Å². The smallest absolute Gasteiger partial charge is 0.394 e. The molecule has 0 radical (unpaired) electrons. The van der Waals surface area contributed by atoms with Crippen molar-refractivity contribution in [3.63, 3.8) is 0 Å². The third-order valence-corrected chi connectivity index (χ3v) is 5.35. The van der Waals surface area contributed by atoms with E-state index in [1.165, 1.54) is 0 Å². The van der Waals surface area contributed by atoms with Crippen LogP contribution in [0.4, 0.5) is 0 Å². The van der Waals surface area contributed by atoms with Gasteiger partial charge in [0.15, 0.2) is 0 Å². The summed E-state index contributed by atoms with van der Waals surface area (Å²) in [6.45, 7) is -0.828. The minimum absolute atomic E-state index is 0.270. The van der Waals surface area contributed by atoms with Crippen molar-refractivity contribution in [2.75, 3.05) is 11.9 Å². The molecule has 11 nitrogen and oxygen atoms in total. The number of amides is 1. The van der Waals surface area contributed by atoms with E-state index in [4.69, 9.17) is 18.9 Å². The Labute approximate surface area is 125 Å². The Morgan fingerprint density at radius 3 is 2.57 bits per heavy atom. The van der Waals surface area contributed by atoms with E-state index in [9.17, 15) is 24.7 Å². The van der Waals surface area contributed by atoms with E-state index in [0.29, 0.717) is 0 Å². The summed E-state index contributed by atoms with van der Waals surface area (Å²) >= 11 is 2.83. The third-order valence-electron chi connectivity index (χ3n) is 3.37. The zero-order valence-corrected chi connectivity index (χ0v) is 12.6. The van der Waals surface area contributed by atoms with Crippen LogP contribution in [0.1, 0.15) is 0 Å². The Bertz CT molecular complexity index is 547. The lowest BCUT2D eigenvalue weighted by molar-refractivity contribution is -0.487. The van der Waals surface area contributed by atoms with E-state index in [1.807, 2.05) is 5.32 Å². The molecule has 0 spiro atoms.